The van der Waals surface area contributed by atoms with Gasteiger partial charge in [-0.3, -0.25) is 4.79 Å². The van der Waals surface area contributed by atoms with E-state index in [-0.39, 0.29) is 6.42 Å². The minimum atomic E-state index is -0.858. The number of halogens is 1. The Morgan fingerprint density at radius 3 is 2.28 bits per heavy atom. The molecule has 0 aromatic heterocycles. The van der Waals surface area contributed by atoms with Crippen molar-refractivity contribution >= 4 is 21.9 Å². The van der Waals surface area contributed by atoms with E-state index in [4.69, 9.17) is 19.3 Å². The molecule has 0 aliphatic carbocycles. The van der Waals surface area contributed by atoms with Gasteiger partial charge in [0.1, 0.15) is 10.2 Å². The zero-order valence-corrected chi connectivity index (χ0v) is 12.0. The van der Waals surface area contributed by atoms with Crippen LogP contribution in [0.3, 0.4) is 0 Å². The molecule has 0 unspecified atom stereocenters. The van der Waals surface area contributed by atoms with Crippen molar-refractivity contribution in [1.82, 2.24) is 0 Å². The maximum atomic E-state index is 10.6. The molecular formula is C12H15BrO5. The molecule has 0 spiro atoms. The summed E-state index contributed by atoms with van der Waals surface area (Å²) in [6.45, 7) is 0. The summed E-state index contributed by atoms with van der Waals surface area (Å²) in [6.07, 6.45) is 0.385. The number of methoxy groups -OCH3 is 3. The quantitative estimate of drug-likeness (QED) is 0.873. The standard InChI is InChI=1S/C12H15BrO5/c1-16-8-6-7(4-5-9(14)15)11(17-2)10(13)12(8)18-3/h6H,4-5H2,1-3H3,(H,14,15). The Labute approximate surface area is 114 Å². The SMILES string of the molecule is COc1cc(CCC(=O)O)c(OC)c(Br)c1OC. The van der Waals surface area contributed by atoms with Crippen LogP contribution in [0.15, 0.2) is 10.5 Å². The van der Waals surface area contributed by atoms with Crippen LogP contribution in [0, 0.1) is 0 Å². The summed E-state index contributed by atoms with van der Waals surface area (Å²) >= 11 is 3.37. The fourth-order valence-electron chi connectivity index (χ4n) is 1.63. The molecular weight excluding hydrogens is 304 g/mol. The van der Waals surface area contributed by atoms with Crippen LogP contribution < -0.4 is 14.2 Å². The van der Waals surface area contributed by atoms with Crippen LogP contribution in [0.5, 0.6) is 17.2 Å². The number of hydrogen-bond donors (Lipinski definition) is 1. The largest absolute Gasteiger partial charge is 0.495 e. The van der Waals surface area contributed by atoms with Gasteiger partial charge < -0.3 is 19.3 Å². The smallest absolute Gasteiger partial charge is 0.303 e. The van der Waals surface area contributed by atoms with E-state index in [1.165, 1.54) is 21.3 Å². The Bertz CT molecular complexity index is 445. The molecule has 1 rings (SSSR count). The minimum Gasteiger partial charge on any atom is -0.495 e. The lowest BCUT2D eigenvalue weighted by Crippen LogP contribution is -2.02. The molecule has 100 valence electrons. The van der Waals surface area contributed by atoms with Gasteiger partial charge >= 0.3 is 5.97 Å². The van der Waals surface area contributed by atoms with Crippen LogP contribution in [0.2, 0.25) is 0 Å². The van der Waals surface area contributed by atoms with Gasteiger partial charge in [-0.2, -0.15) is 0 Å². The van der Waals surface area contributed by atoms with Crippen molar-refractivity contribution in [3.8, 4) is 17.2 Å². The van der Waals surface area contributed by atoms with Crippen LogP contribution in [-0.2, 0) is 11.2 Å². The Kier molecular flexibility index (Phi) is 5.27. The maximum absolute atomic E-state index is 10.6. The van der Waals surface area contributed by atoms with Crippen molar-refractivity contribution in [3.63, 3.8) is 0 Å². The molecule has 1 aromatic rings. The molecule has 1 N–H and O–H groups in total. The zero-order chi connectivity index (χ0) is 13.7. The van der Waals surface area contributed by atoms with Gasteiger partial charge in [0.2, 0.25) is 0 Å². The minimum absolute atomic E-state index is 0.0261. The molecule has 5 nitrogen and oxygen atoms in total. The van der Waals surface area contributed by atoms with Crippen LogP contribution >= 0.6 is 15.9 Å². The van der Waals surface area contributed by atoms with Gasteiger partial charge in [0, 0.05) is 6.42 Å². The Balaban J connectivity index is 3.23. The zero-order valence-electron chi connectivity index (χ0n) is 10.4. The van der Waals surface area contributed by atoms with E-state index in [2.05, 4.69) is 15.9 Å². The first kappa shape index (κ1) is 14.6. The number of rotatable bonds is 6. The first-order chi connectivity index (χ1) is 8.54. The van der Waals surface area contributed by atoms with Crippen molar-refractivity contribution in [2.24, 2.45) is 0 Å². The third-order valence-electron chi connectivity index (χ3n) is 2.46. The summed E-state index contributed by atoms with van der Waals surface area (Å²) in [7, 11) is 4.58. The molecule has 0 atom stereocenters. The molecule has 0 bridgehead atoms. The van der Waals surface area contributed by atoms with Crippen LogP contribution in [0.1, 0.15) is 12.0 Å². The molecule has 1 aromatic carbocycles. The number of hydrogen-bond acceptors (Lipinski definition) is 4. The molecule has 0 saturated carbocycles. The summed E-state index contributed by atoms with van der Waals surface area (Å²) < 4.78 is 16.3. The molecule has 0 saturated heterocycles. The summed E-state index contributed by atoms with van der Waals surface area (Å²) in [5.74, 6) is 0.760. The lowest BCUT2D eigenvalue weighted by molar-refractivity contribution is -0.136. The van der Waals surface area contributed by atoms with E-state index < -0.39 is 5.97 Å². The number of aliphatic carboxylic acids is 1. The number of aryl methyl sites for hydroxylation is 1. The highest BCUT2D eigenvalue weighted by Crippen LogP contribution is 2.44. The highest BCUT2D eigenvalue weighted by Gasteiger charge is 2.18. The highest BCUT2D eigenvalue weighted by molar-refractivity contribution is 9.10. The van der Waals surface area contributed by atoms with Crippen molar-refractivity contribution in [2.45, 2.75) is 12.8 Å². The number of carboxylic acid groups (broad SMARTS) is 1. The van der Waals surface area contributed by atoms with Crippen molar-refractivity contribution in [1.29, 1.82) is 0 Å². The monoisotopic (exact) mass is 318 g/mol. The number of ether oxygens (including phenoxy) is 3. The molecule has 0 radical (unpaired) electrons. The third kappa shape index (κ3) is 3.07. The fourth-order valence-corrected chi connectivity index (χ4v) is 2.41. The molecule has 0 heterocycles. The van der Waals surface area contributed by atoms with Crippen LogP contribution in [-0.4, -0.2) is 32.4 Å². The molecule has 0 aliphatic heterocycles. The third-order valence-corrected chi connectivity index (χ3v) is 3.18. The molecule has 0 fully saturated rings. The van der Waals surface area contributed by atoms with E-state index in [0.717, 1.165) is 5.56 Å². The average Bonchev–Trinajstić information content (AvgIpc) is 2.35. The first-order valence-electron chi connectivity index (χ1n) is 5.24. The van der Waals surface area contributed by atoms with Gasteiger partial charge in [0.25, 0.3) is 0 Å². The number of carbonyl (C=O) groups is 1. The lowest BCUT2D eigenvalue weighted by Gasteiger charge is -2.16. The van der Waals surface area contributed by atoms with Crippen LogP contribution in [0.4, 0.5) is 0 Å². The van der Waals surface area contributed by atoms with E-state index in [1.807, 2.05) is 0 Å². The van der Waals surface area contributed by atoms with Crippen molar-refractivity contribution in [2.75, 3.05) is 21.3 Å². The van der Waals surface area contributed by atoms with Gasteiger partial charge in [0.05, 0.1) is 21.3 Å². The summed E-state index contributed by atoms with van der Waals surface area (Å²) in [4.78, 5) is 10.6. The number of carboxylic acids is 1. The second kappa shape index (κ2) is 6.49. The summed E-state index contributed by atoms with van der Waals surface area (Å²) in [6, 6.07) is 1.73. The summed E-state index contributed by atoms with van der Waals surface area (Å²) in [5, 5.41) is 8.73. The first-order valence-corrected chi connectivity index (χ1v) is 6.03. The van der Waals surface area contributed by atoms with Crippen molar-refractivity contribution < 1.29 is 24.1 Å². The second-order valence-electron chi connectivity index (χ2n) is 3.51. The predicted octanol–water partition coefficient (Wildman–Crippen LogP) is 2.49. The Morgan fingerprint density at radius 1 is 1.22 bits per heavy atom. The predicted molar refractivity (Wildman–Crippen MR) is 69.8 cm³/mol. The van der Waals surface area contributed by atoms with Crippen LogP contribution in [0.25, 0.3) is 0 Å². The van der Waals surface area contributed by atoms with E-state index in [0.29, 0.717) is 28.1 Å². The van der Waals surface area contributed by atoms with Gasteiger partial charge in [-0.1, -0.05) is 0 Å². The Hall–Kier alpha value is -1.43. The number of benzene rings is 1. The van der Waals surface area contributed by atoms with E-state index in [1.54, 1.807) is 6.07 Å². The molecule has 0 amide bonds. The van der Waals surface area contributed by atoms with Crippen molar-refractivity contribution in [3.05, 3.63) is 16.1 Å². The highest BCUT2D eigenvalue weighted by atomic mass is 79.9. The molecule has 18 heavy (non-hydrogen) atoms. The molecule has 6 heteroatoms. The lowest BCUT2D eigenvalue weighted by atomic mass is 10.1. The molecule has 0 aliphatic rings. The van der Waals surface area contributed by atoms with Gasteiger partial charge in [-0.15, -0.1) is 0 Å². The Morgan fingerprint density at radius 2 is 1.83 bits per heavy atom. The van der Waals surface area contributed by atoms with Gasteiger partial charge in [-0.25, -0.2) is 0 Å². The van der Waals surface area contributed by atoms with Gasteiger partial charge in [-0.05, 0) is 34.0 Å². The van der Waals surface area contributed by atoms with E-state index >= 15 is 0 Å². The second-order valence-corrected chi connectivity index (χ2v) is 4.31. The normalized spacial score (nSPS) is 10.0. The fraction of sp³-hybridized carbons (Fsp3) is 0.417. The van der Waals surface area contributed by atoms with Gasteiger partial charge in [0.15, 0.2) is 11.5 Å². The maximum Gasteiger partial charge on any atom is 0.303 e. The van der Waals surface area contributed by atoms with E-state index in [9.17, 15) is 4.79 Å². The average molecular weight is 319 g/mol. The summed E-state index contributed by atoms with van der Waals surface area (Å²) in [5.41, 5.74) is 0.754. The topological polar surface area (TPSA) is 65.0 Å².